The number of rotatable bonds is 12. The average molecular weight is 534 g/mol. The number of hydrogen-bond acceptors (Lipinski definition) is 6. The molecule has 1 atom stereocenters. The van der Waals surface area contributed by atoms with Gasteiger partial charge in [-0.2, -0.15) is 0 Å². The van der Waals surface area contributed by atoms with Gasteiger partial charge in [0.1, 0.15) is 12.4 Å². The summed E-state index contributed by atoms with van der Waals surface area (Å²) < 4.78 is 11.6. The Hall–Kier alpha value is -4.04. The van der Waals surface area contributed by atoms with Crippen LogP contribution in [-0.2, 0) is 22.4 Å². The third kappa shape index (κ3) is 6.83. The molecule has 1 amide bonds. The van der Waals surface area contributed by atoms with Gasteiger partial charge in [-0.1, -0.05) is 53.1 Å². The summed E-state index contributed by atoms with van der Waals surface area (Å²) in [5.74, 6) is 0.724. The van der Waals surface area contributed by atoms with Crippen LogP contribution in [0.5, 0.6) is 5.75 Å². The molecule has 1 aliphatic rings. The highest BCUT2D eigenvalue weighted by Crippen LogP contribution is 2.31. The Kier molecular flexibility index (Phi) is 9.21. The summed E-state index contributed by atoms with van der Waals surface area (Å²) in [5, 5.41) is 16.4. The van der Waals surface area contributed by atoms with Crippen molar-refractivity contribution >= 4 is 29.1 Å². The van der Waals surface area contributed by atoms with Gasteiger partial charge in [-0.15, -0.1) is 0 Å². The Balaban J connectivity index is 1.56. The number of amides is 1. The number of azide groups is 1. The van der Waals surface area contributed by atoms with Crippen LogP contribution >= 0.6 is 11.6 Å². The number of nitrogens with zero attached hydrogens (tertiary/aromatic N) is 4. The van der Waals surface area contributed by atoms with Crippen molar-refractivity contribution in [2.24, 2.45) is 10.1 Å². The van der Waals surface area contributed by atoms with Gasteiger partial charge in [0.2, 0.25) is 5.90 Å². The molecule has 0 bridgehead atoms. The van der Waals surface area contributed by atoms with Crippen molar-refractivity contribution in [1.29, 1.82) is 0 Å². The predicted octanol–water partition coefficient (Wildman–Crippen LogP) is 5.16. The topological polar surface area (TPSA) is 129 Å². The highest BCUT2D eigenvalue weighted by atomic mass is 35.5. The first-order chi connectivity index (χ1) is 18.5. The highest BCUT2D eigenvalue weighted by molar-refractivity contribution is 6.30. The maximum Gasteiger partial charge on any atom is 0.251 e. The number of aliphatic imine (C=N–C) groups is 1. The molecule has 0 fully saturated rings. The van der Waals surface area contributed by atoms with Crippen molar-refractivity contribution in [1.82, 2.24) is 5.32 Å². The van der Waals surface area contributed by atoms with Crippen molar-refractivity contribution in [2.75, 3.05) is 26.4 Å². The molecule has 4 rings (SSSR count). The first-order valence-electron chi connectivity index (χ1n) is 12.3. The largest absolute Gasteiger partial charge is 0.494 e. The summed E-state index contributed by atoms with van der Waals surface area (Å²) in [4.78, 5) is 21.3. The van der Waals surface area contributed by atoms with Gasteiger partial charge in [-0.3, -0.25) is 4.79 Å². The van der Waals surface area contributed by atoms with E-state index in [2.05, 4.69) is 15.3 Å². The Morgan fingerprint density at radius 3 is 2.76 bits per heavy atom. The van der Waals surface area contributed by atoms with E-state index in [0.717, 1.165) is 5.56 Å². The lowest BCUT2D eigenvalue weighted by atomic mass is 9.90. The minimum atomic E-state index is -1.25. The van der Waals surface area contributed by atoms with E-state index in [4.69, 9.17) is 36.7 Å². The lowest BCUT2D eigenvalue weighted by molar-refractivity contribution is -0.126. The molecule has 0 aliphatic carbocycles. The van der Waals surface area contributed by atoms with Crippen molar-refractivity contribution in [3.05, 3.63) is 105 Å². The van der Waals surface area contributed by atoms with Gasteiger partial charge in [0.25, 0.3) is 5.91 Å². The zero-order chi connectivity index (χ0) is 26.8. The number of aliphatic hydroxyl groups is 1. The molecule has 0 saturated carbocycles. The van der Waals surface area contributed by atoms with Gasteiger partial charge < -0.3 is 19.9 Å². The number of nitrogens with one attached hydrogen (secondary N) is 1. The van der Waals surface area contributed by atoms with E-state index < -0.39 is 5.54 Å². The van der Waals surface area contributed by atoms with Crippen molar-refractivity contribution in [3.8, 4) is 5.75 Å². The molecule has 1 heterocycles. The Morgan fingerprint density at radius 2 is 2.00 bits per heavy atom. The van der Waals surface area contributed by atoms with E-state index in [1.54, 1.807) is 30.3 Å². The highest BCUT2D eigenvalue weighted by Gasteiger charge is 2.44. The minimum Gasteiger partial charge on any atom is -0.494 e. The van der Waals surface area contributed by atoms with Gasteiger partial charge >= 0.3 is 0 Å². The summed E-state index contributed by atoms with van der Waals surface area (Å²) >= 11 is 6.08. The molecule has 2 N–H and O–H groups in total. The monoisotopic (exact) mass is 533 g/mol. The van der Waals surface area contributed by atoms with Crippen LogP contribution in [0.3, 0.4) is 0 Å². The Morgan fingerprint density at radius 1 is 1.18 bits per heavy atom. The number of carbonyl (C=O) groups is 1. The van der Waals surface area contributed by atoms with Crippen LogP contribution in [0, 0.1) is 0 Å². The smallest absolute Gasteiger partial charge is 0.251 e. The van der Waals surface area contributed by atoms with Crippen molar-refractivity contribution < 1.29 is 19.4 Å². The van der Waals surface area contributed by atoms with E-state index >= 15 is 0 Å². The summed E-state index contributed by atoms with van der Waals surface area (Å²) in [6.45, 7) is 0.902. The van der Waals surface area contributed by atoms with Crippen molar-refractivity contribution in [3.63, 3.8) is 0 Å². The molecule has 3 aromatic rings. The molecule has 196 valence electrons. The standard InChI is InChI=1S/C28H28ClN5O4/c29-23-7-3-5-20(17-23)13-14-31-27(36)28(18-22-6-1-2-8-25(22)33-34-30)19-38-26(32-28)21-9-11-24(12-10-21)37-16-4-15-35/h1-3,5-12,17,35H,4,13-16,18-19H2,(H,31,36)/t28-/m1/s1. The quantitative estimate of drug-likeness (QED) is 0.144. The molecule has 1 aliphatic heterocycles. The second kappa shape index (κ2) is 13.0. The lowest BCUT2D eigenvalue weighted by Crippen LogP contribution is -2.49. The summed E-state index contributed by atoms with van der Waals surface area (Å²) in [6.07, 6.45) is 1.34. The number of carbonyl (C=O) groups excluding carboxylic acids is 1. The summed E-state index contributed by atoms with van der Waals surface area (Å²) in [7, 11) is 0. The van der Waals surface area contributed by atoms with Crippen LogP contribution < -0.4 is 10.1 Å². The van der Waals surface area contributed by atoms with Crippen LogP contribution in [0.25, 0.3) is 10.4 Å². The van der Waals surface area contributed by atoms with E-state index in [-0.39, 0.29) is 25.5 Å². The van der Waals surface area contributed by atoms with Crippen LogP contribution in [0.4, 0.5) is 5.69 Å². The molecule has 0 aromatic heterocycles. The molecule has 10 heteroatoms. The average Bonchev–Trinajstić information content (AvgIpc) is 3.36. The number of ether oxygens (including phenoxy) is 2. The van der Waals surface area contributed by atoms with E-state index in [1.165, 1.54) is 0 Å². The number of aliphatic hydroxyl groups excluding tert-OH is 1. The van der Waals surface area contributed by atoms with Gasteiger partial charge in [-0.25, -0.2) is 4.99 Å². The lowest BCUT2D eigenvalue weighted by Gasteiger charge is -2.24. The molecule has 0 spiro atoms. The predicted molar refractivity (Wildman–Crippen MR) is 146 cm³/mol. The van der Waals surface area contributed by atoms with Gasteiger partial charge in [0.15, 0.2) is 5.54 Å². The maximum atomic E-state index is 13.6. The minimum absolute atomic E-state index is 0.0324. The van der Waals surface area contributed by atoms with Gasteiger partial charge in [0.05, 0.1) is 6.61 Å². The molecular weight excluding hydrogens is 506 g/mol. The normalized spacial score (nSPS) is 16.2. The first kappa shape index (κ1) is 27.0. The fraction of sp³-hybridized carbons (Fsp3) is 0.286. The summed E-state index contributed by atoms with van der Waals surface area (Å²) in [5.41, 5.74) is 10.6. The SMILES string of the molecule is [N-]=[N+]=Nc1ccccc1C[C@]1(C(=O)NCCc2cccc(Cl)c2)COC(c2ccc(OCCCO)cc2)=N1. The molecule has 38 heavy (non-hydrogen) atoms. The van der Waals surface area contributed by atoms with Crippen LogP contribution in [0.2, 0.25) is 5.02 Å². The fourth-order valence-electron chi connectivity index (χ4n) is 4.13. The van der Waals surface area contributed by atoms with Crippen LogP contribution in [0.1, 0.15) is 23.1 Å². The van der Waals surface area contributed by atoms with E-state index in [0.29, 0.717) is 59.5 Å². The first-order valence-corrected chi connectivity index (χ1v) is 12.6. The molecule has 0 unspecified atom stereocenters. The molecule has 0 radical (unpaired) electrons. The van der Waals surface area contributed by atoms with Crippen LogP contribution in [-0.4, -0.2) is 48.8 Å². The Labute approximate surface area is 225 Å². The second-order valence-corrected chi connectivity index (χ2v) is 9.25. The second-order valence-electron chi connectivity index (χ2n) is 8.82. The maximum absolute atomic E-state index is 13.6. The molecule has 3 aromatic carbocycles. The number of hydrogen-bond donors (Lipinski definition) is 2. The third-order valence-electron chi connectivity index (χ3n) is 6.07. The van der Waals surface area contributed by atoms with E-state index in [1.807, 2.05) is 42.5 Å². The zero-order valence-electron chi connectivity index (χ0n) is 20.7. The van der Waals surface area contributed by atoms with Gasteiger partial charge in [-0.05, 0) is 59.5 Å². The fourth-order valence-corrected chi connectivity index (χ4v) is 4.34. The number of halogens is 1. The molecule has 0 saturated heterocycles. The van der Waals surface area contributed by atoms with Crippen molar-refractivity contribution in [2.45, 2.75) is 24.8 Å². The zero-order valence-corrected chi connectivity index (χ0v) is 21.5. The molecule has 9 nitrogen and oxygen atoms in total. The number of benzene rings is 3. The summed E-state index contributed by atoms with van der Waals surface area (Å²) in [6, 6.07) is 21.8. The third-order valence-corrected chi connectivity index (χ3v) is 6.31. The van der Waals surface area contributed by atoms with Crippen LogP contribution in [0.15, 0.2) is 82.9 Å². The van der Waals surface area contributed by atoms with Gasteiger partial charge in [0, 0.05) is 47.2 Å². The Bertz CT molecular complexity index is 1340. The van der Waals surface area contributed by atoms with E-state index in [9.17, 15) is 4.79 Å². The molecular formula is C28H28ClN5O4.